The SMILES string of the molecule is O=C(NSc1cccc(F)c1)c1ccc(-n2ccc(OCC3(C(F)(F)F)CCC3)n2)nc1Cl. The summed E-state index contributed by atoms with van der Waals surface area (Å²) in [7, 11) is 0. The number of carbonyl (C=O) groups excluding carboxylic acids is 1. The van der Waals surface area contributed by atoms with Crippen LogP contribution in [0.25, 0.3) is 5.82 Å². The second-order valence-electron chi connectivity index (χ2n) is 7.52. The largest absolute Gasteiger partial charge is 0.476 e. The van der Waals surface area contributed by atoms with Crippen LogP contribution in [0, 0.1) is 11.2 Å². The molecule has 0 spiro atoms. The summed E-state index contributed by atoms with van der Waals surface area (Å²) < 4.78 is 62.2. The summed E-state index contributed by atoms with van der Waals surface area (Å²) in [6, 6.07) is 10.1. The molecule has 2 aromatic heterocycles. The summed E-state index contributed by atoms with van der Waals surface area (Å²) >= 11 is 7.07. The summed E-state index contributed by atoms with van der Waals surface area (Å²) in [6.07, 6.45) is -2.27. The fourth-order valence-corrected chi connectivity index (χ4v) is 4.12. The molecule has 0 aliphatic heterocycles. The minimum absolute atomic E-state index is 0.0248. The molecule has 0 radical (unpaired) electrons. The molecule has 1 amide bonds. The molecule has 0 atom stereocenters. The Morgan fingerprint density at radius 2 is 2.03 bits per heavy atom. The summed E-state index contributed by atoms with van der Waals surface area (Å²) in [4.78, 5) is 17.0. The van der Waals surface area contributed by atoms with Gasteiger partial charge in [-0.3, -0.25) is 9.52 Å². The highest BCUT2D eigenvalue weighted by Gasteiger charge is 2.58. The Morgan fingerprint density at radius 1 is 1.24 bits per heavy atom. The topological polar surface area (TPSA) is 69.0 Å². The van der Waals surface area contributed by atoms with E-state index in [1.54, 1.807) is 6.07 Å². The van der Waals surface area contributed by atoms with Crippen LogP contribution < -0.4 is 9.46 Å². The first kappa shape index (κ1) is 23.4. The second-order valence-corrected chi connectivity index (χ2v) is 8.75. The normalized spacial score (nSPS) is 15.1. The van der Waals surface area contributed by atoms with Gasteiger partial charge >= 0.3 is 6.18 Å². The lowest BCUT2D eigenvalue weighted by atomic mass is 9.69. The standard InChI is InChI=1S/C21H17ClF4N4O2S/c22-18-15(19(31)29-33-14-4-1-3-13(23)11-14)5-6-16(27-18)30-10-7-17(28-30)32-12-20(8-2-9-20)21(24,25)26/h1,3-7,10-11H,2,8-9,12H2,(H,29,31). The molecule has 4 rings (SSSR count). The van der Waals surface area contributed by atoms with Gasteiger partial charge in [-0.15, -0.1) is 5.10 Å². The fraction of sp³-hybridized carbons (Fsp3) is 0.286. The maximum Gasteiger partial charge on any atom is 0.397 e. The Bertz CT molecular complexity index is 1170. The van der Waals surface area contributed by atoms with E-state index in [-0.39, 0.29) is 35.3 Å². The number of hydrogen-bond donors (Lipinski definition) is 1. The minimum atomic E-state index is -4.33. The predicted molar refractivity (Wildman–Crippen MR) is 114 cm³/mol. The van der Waals surface area contributed by atoms with E-state index in [0.717, 1.165) is 11.9 Å². The van der Waals surface area contributed by atoms with Gasteiger partial charge in [-0.25, -0.2) is 14.1 Å². The maximum absolute atomic E-state index is 13.3. The number of benzene rings is 1. The zero-order chi connectivity index (χ0) is 23.6. The first-order chi connectivity index (χ1) is 15.7. The molecule has 1 fully saturated rings. The molecule has 1 aromatic carbocycles. The van der Waals surface area contributed by atoms with E-state index in [2.05, 4.69) is 14.8 Å². The second kappa shape index (κ2) is 9.22. The van der Waals surface area contributed by atoms with Crippen molar-refractivity contribution < 1.29 is 27.1 Å². The number of pyridine rings is 1. The number of amides is 1. The molecule has 12 heteroatoms. The number of ether oxygens (including phenoxy) is 1. The van der Waals surface area contributed by atoms with Gasteiger partial charge in [0.2, 0.25) is 5.88 Å². The van der Waals surface area contributed by atoms with E-state index in [9.17, 15) is 22.4 Å². The van der Waals surface area contributed by atoms with E-state index in [1.807, 2.05) is 0 Å². The van der Waals surface area contributed by atoms with E-state index in [0.29, 0.717) is 11.3 Å². The van der Waals surface area contributed by atoms with Crippen LogP contribution in [0.4, 0.5) is 17.6 Å². The number of nitrogens with one attached hydrogen (secondary N) is 1. The molecule has 1 aliphatic rings. The molecule has 1 saturated carbocycles. The first-order valence-electron chi connectivity index (χ1n) is 9.82. The van der Waals surface area contributed by atoms with E-state index in [1.165, 1.54) is 47.3 Å². The lowest BCUT2D eigenvalue weighted by Crippen LogP contribution is -2.48. The highest BCUT2D eigenvalue weighted by molar-refractivity contribution is 7.98. The number of rotatable bonds is 7. The lowest BCUT2D eigenvalue weighted by Gasteiger charge is -2.42. The first-order valence-corrected chi connectivity index (χ1v) is 11.0. The molecule has 0 bridgehead atoms. The Morgan fingerprint density at radius 3 is 2.67 bits per heavy atom. The van der Waals surface area contributed by atoms with Crippen LogP contribution in [-0.2, 0) is 0 Å². The monoisotopic (exact) mass is 500 g/mol. The van der Waals surface area contributed by atoms with Crippen molar-refractivity contribution in [3.63, 3.8) is 0 Å². The van der Waals surface area contributed by atoms with E-state index < -0.39 is 29.9 Å². The molecular formula is C21H17ClF4N4O2S. The number of halogens is 5. The van der Waals surface area contributed by atoms with Crippen molar-refractivity contribution in [3.8, 4) is 11.7 Å². The summed E-state index contributed by atoms with van der Waals surface area (Å²) in [5.41, 5.74) is -1.73. The number of carbonyl (C=O) groups is 1. The molecular weight excluding hydrogens is 484 g/mol. The lowest BCUT2D eigenvalue weighted by molar-refractivity contribution is -0.259. The van der Waals surface area contributed by atoms with Crippen molar-refractivity contribution in [1.29, 1.82) is 0 Å². The van der Waals surface area contributed by atoms with Gasteiger partial charge in [0.25, 0.3) is 5.91 Å². The molecule has 6 nitrogen and oxygen atoms in total. The third-order valence-electron chi connectivity index (χ3n) is 5.34. The van der Waals surface area contributed by atoms with E-state index in [4.69, 9.17) is 16.3 Å². The number of aromatic nitrogens is 3. The fourth-order valence-electron chi connectivity index (χ4n) is 3.25. The Labute approximate surface area is 195 Å². The number of nitrogens with zero attached hydrogens (tertiary/aromatic N) is 3. The third-order valence-corrected chi connectivity index (χ3v) is 6.41. The summed E-state index contributed by atoms with van der Waals surface area (Å²) in [5, 5.41) is 3.99. The van der Waals surface area contributed by atoms with Gasteiger partial charge in [0.1, 0.15) is 23.0 Å². The van der Waals surface area contributed by atoms with Crippen LogP contribution in [0.3, 0.4) is 0 Å². The molecule has 1 N–H and O–H groups in total. The van der Waals surface area contributed by atoms with Crippen LogP contribution >= 0.6 is 23.5 Å². The van der Waals surface area contributed by atoms with Crippen LogP contribution in [0.5, 0.6) is 5.88 Å². The van der Waals surface area contributed by atoms with Crippen molar-refractivity contribution in [3.05, 3.63) is 65.2 Å². The Hall–Kier alpha value is -2.79. The van der Waals surface area contributed by atoms with Crippen LogP contribution in [0.15, 0.2) is 53.6 Å². The number of alkyl halides is 3. The zero-order valence-corrected chi connectivity index (χ0v) is 18.5. The van der Waals surface area contributed by atoms with Crippen molar-refractivity contribution in [1.82, 2.24) is 19.5 Å². The van der Waals surface area contributed by atoms with Crippen LogP contribution in [-0.4, -0.2) is 33.5 Å². The number of hydrogen-bond acceptors (Lipinski definition) is 5. The Balaban J connectivity index is 1.40. The highest BCUT2D eigenvalue weighted by Crippen LogP contribution is 2.53. The van der Waals surface area contributed by atoms with Gasteiger partial charge < -0.3 is 4.74 Å². The van der Waals surface area contributed by atoms with Gasteiger partial charge in [0, 0.05) is 17.2 Å². The van der Waals surface area contributed by atoms with Gasteiger partial charge in [-0.2, -0.15) is 13.2 Å². The average molecular weight is 501 g/mol. The van der Waals surface area contributed by atoms with Crippen LogP contribution in [0.2, 0.25) is 5.15 Å². The van der Waals surface area contributed by atoms with Crippen LogP contribution in [0.1, 0.15) is 29.6 Å². The molecule has 0 unspecified atom stereocenters. The molecule has 1 aliphatic carbocycles. The van der Waals surface area contributed by atoms with Gasteiger partial charge in [-0.1, -0.05) is 24.1 Å². The van der Waals surface area contributed by atoms with Crippen molar-refractivity contribution in [2.45, 2.75) is 30.3 Å². The quantitative estimate of drug-likeness (QED) is 0.259. The molecule has 33 heavy (non-hydrogen) atoms. The van der Waals surface area contributed by atoms with Crippen molar-refractivity contribution >= 4 is 29.5 Å². The predicted octanol–water partition coefficient (Wildman–Crippen LogP) is 5.61. The minimum Gasteiger partial charge on any atom is -0.476 e. The molecule has 2 heterocycles. The molecule has 174 valence electrons. The highest BCUT2D eigenvalue weighted by atomic mass is 35.5. The zero-order valence-electron chi connectivity index (χ0n) is 16.9. The van der Waals surface area contributed by atoms with E-state index >= 15 is 0 Å². The van der Waals surface area contributed by atoms with Gasteiger partial charge in [0.05, 0.1) is 5.56 Å². The van der Waals surface area contributed by atoms with Crippen molar-refractivity contribution in [2.24, 2.45) is 5.41 Å². The smallest absolute Gasteiger partial charge is 0.397 e. The average Bonchev–Trinajstić information content (AvgIpc) is 3.19. The summed E-state index contributed by atoms with van der Waals surface area (Å²) in [5.74, 6) is -0.687. The Kier molecular flexibility index (Phi) is 6.53. The molecule has 0 saturated heterocycles. The molecule has 3 aromatic rings. The van der Waals surface area contributed by atoms with Gasteiger partial charge in [-0.05, 0) is 55.1 Å². The maximum atomic E-state index is 13.3. The third kappa shape index (κ3) is 5.09. The summed E-state index contributed by atoms with van der Waals surface area (Å²) in [6.45, 7) is -0.496. The van der Waals surface area contributed by atoms with Crippen molar-refractivity contribution in [2.75, 3.05) is 6.61 Å². The van der Waals surface area contributed by atoms with Gasteiger partial charge in [0.15, 0.2) is 5.82 Å².